The van der Waals surface area contributed by atoms with E-state index in [1.807, 2.05) is 31.4 Å². The first kappa shape index (κ1) is 21.4. The van der Waals surface area contributed by atoms with Crippen molar-refractivity contribution < 1.29 is 9.90 Å². The molecule has 0 fully saturated rings. The van der Waals surface area contributed by atoms with Crippen molar-refractivity contribution in [2.75, 3.05) is 7.05 Å². The van der Waals surface area contributed by atoms with Crippen LogP contribution in [0.5, 0.6) is 5.75 Å². The Balaban J connectivity index is 2.28. The largest absolute Gasteiger partial charge is 0.508 e. The first-order valence-corrected chi connectivity index (χ1v) is 10.2. The van der Waals surface area contributed by atoms with E-state index < -0.39 is 0 Å². The number of benzene rings is 1. The van der Waals surface area contributed by atoms with Gasteiger partial charge in [0.25, 0.3) is 0 Å². The van der Waals surface area contributed by atoms with Crippen molar-refractivity contribution in [1.29, 1.82) is 0 Å². The molecule has 1 aromatic heterocycles. The smallest absolute Gasteiger partial charge is 0.237 e. The summed E-state index contributed by atoms with van der Waals surface area (Å²) in [4.78, 5) is 17.2. The molecule has 148 valence electrons. The number of aromatic nitrogens is 1. The summed E-state index contributed by atoms with van der Waals surface area (Å²) in [6.07, 6.45) is 2.38. The zero-order valence-electron chi connectivity index (χ0n) is 17.0. The Morgan fingerprint density at radius 2 is 2.00 bits per heavy atom. The molecule has 2 atom stereocenters. The Labute approximate surface area is 166 Å². The van der Waals surface area contributed by atoms with E-state index in [0.29, 0.717) is 12.2 Å². The number of carbonyl (C=O) groups is 1. The molecule has 27 heavy (non-hydrogen) atoms. The lowest BCUT2D eigenvalue weighted by molar-refractivity contribution is -0.124. The fourth-order valence-corrected chi connectivity index (χ4v) is 3.87. The fourth-order valence-electron chi connectivity index (χ4n) is 3.18. The molecular weight excluding hydrogens is 358 g/mol. The van der Waals surface area contributed by atoms with E-state index in [0.717, 1.165) is 16.1 Å². The fraction of sp³-hybridized carbons (Fsp3) is 0.524. The zero-order chi connectivity index (χ0) is 20.2. The number of carbonyl (C=O) groups excluding carboxylic acids is 1. The van der Waals surface area contributed by atoms with Crippen LogP contribution in [0.4, 0.5) is 0 Å². The predicted molar refractivity (Wildman–Crippen MR) is 111 cm³/mol. The van der Waals surface area contributed by atoms with E-state index in [-0.39, 0.29) is 29.3 Å². The van der Waals surface area contributed by atoms with Crippen molar-refractivity contribution in [2.24, 2.45) is 5.92 Å². The number of hydrogen-bond donors (Lipinski definition) is 3. The van der Waals surface area contributed by atoms with Crippen LogP contribution in [0.3, 0.4) is 0 Å². The van der Waals surface area contributed by atoms with Crippen LogP contribution in [-0.4, -0.2) is 29.1 Å². The maximum atomic E-state index is 12.8. The van der Waals surface area contributed by atoms with Gasteiger partial charge < -0.3 is 15.7 Å². The maximum Gasteiger partial charge on any atom is 0.237 e. The summed E-state index contributed by atoms with van der Waals surface area (Å²) in [5, 5.41) is 19.3. The van der Waals surface area contributed by atoms with Gasteiger partial charge in [-0.2, -0.15) is 0 Å². The van der Waals surface area contributed by atoms with Crippen LogP contribution in [-0.2, 0) is 16.6 Å². The van der Waals surface area contributed by atoms with E-state index >= 15 is 0 Å². The van der Waals surface area contributed by atoms with Gasteiger partial charge in [0.1, 0.15) is 10.8 Å². The molecule has 2 unspecified atom stereocenters. The van der Waals surface area contributed by atoms with Gasteiger partial charge in [-0.1, -0.05) is 46.8 Å². The van der Waals surface area contributed by atoms with Gasteiger partial charge >= 0.3 is 0 Å². The Kier molecular flexibility index (Phi) is 7.00. The minimum Gasteiger partial charge on any atom is -0.508 e. The van der Waals surface area contributed by atoms with Gasteiger partial charge in [-0.25, -0.2) is 4.98 Å². The predicted octanol–water partition coefficient (Wildman–Crippen LogP) is 3.79. The van der Waals surface area contributed by atoms with Gasteiger partial charge in [-0.3, -0.25) is 4.79 Å². The highest BCUT2D eigenvalue weighted by Gasteiger charge is 2.26. The number of phenols is 1. The number of amides is 1. The Morgan fingerprint density at radius 3 is 2.52 bits per heavy atom. The van der Waals surface area contributed by atoms with Crippen LogP contribution in [0, 0.1) is 5.92 Å². The second-order valence-corrected chi connectivity index (χ2v) is 9.17. The third kappa shape index (κ3) is 5.53. The van der Waals surface area contributed by atoms with Gasteiger partial charge in [-0.15, -0.1) is 11.3 Å². The third-order valence-corrected chi connectivity index (χ3v) is 5.52. The molecule has 0 aliphatic rings. The molecule has 1 aromatic carbocycles. The SMILES string of the molecule is CNC(C(=O)NC(Cc1ccc(O)c(C(C)(C)C)c1)c1nccs1)C(C)C. The molecule has 2 rings (SSSR count). The van der Waals surface area contributed by atoms with Crippen molar-refractivity contribution >= 4 is 17.2 Å². The third-order valence-electron chi connectivity index (χ3n) is 4.63. The van der Waals surface area contributed by atoms with E-state index in [4.69, 9.17) is 0 Å². The van der Waals surface area contributed by atoms with Gasteiger partial charge in [0.05, 0.1) is 12.1 Å². The first-order chi connectivity index (χ1) is 12.6. The van der Waals surface area contributed by atoms with Gasteiger partial charge in [0, 0.05) is 11.6 Å². The normalized spacial score (nSPS) is 14.2. The molecule has 5 nitrogen and oxygen atoms in total. The molecule has 2 aromatic rings. The molecule has 3 N–H and O–H groups in total. The van der Waals surface area contributed by atoms with Crippen LogP contribution < -0.4 is 10.6 Å². The Morgan fingerprint density at radius 1 is 1.30 bits per heavy atom. The van der Waals surface area contributed by atoms with Crippen LogP contribution in [0.25, 0.3) is 0 Å². The molecule has 1 amide bonds. The summed E-state index contributed by atoms with van der Waals surface area (Å²) in [5.41, 5.74) is 1.80. The van der Waals surface area contributed by atoms with E-state index in [1.165, 1.54) is 11.3 Å². The number of nitrogens with one attached hydrogen (secondary N) is 2. The van der Waals surface area contributed by atoms with Crippen molar-refractivity contribution in [3.8, 4) is 5.75 Å². The van der Waals surface area contributed by atoms with Crippen LogP contribution in [0.15, 0.2) is 29.8 Å². The molecule has 0 saturated heterocycles. The van der Waals surface area contributed by atoms with E-state index in [9.17, 15) is 9.90 Å². The maximum absolute atomic E-state index is 12.8. The molecule has 0 saturated carbocycles. The lowest BCUT2D eigenvalue weighted by Crippen LogP contribution is -2.47. The average molecular weight is 390 g/mol. The van der Waals surface area contributed by atoms with Gasteiger partial charge in [0.15, 0.2) is 0 Å². The molecule has 1 heterocycles. The number of rotatable bonds is 7. The summed E-state index contributed by atoms with van der Waals surface area (Å²) in [7, 11) is 1.80. The minimum atomic E-state index is -0.252. The minimum absolute atomic E-state index is 0.0254. The summed E-state index contributed by atoms with van der Waals surface area (Å²) in [6.45, 7) is 10.3. The van der Waals surface area contributed by atoms with E-state index in [1.54, 1.807) is 19.3 Å². The number of thiazole rings is 1. The highest BCUT2D eigenvalue weighted by molar-refractivity contribution is 7.09. The summed E-state index contributed by atoms with van der Waals surface area (Å²) >= 11 is 1.54. The van der Waals surface area contributed by atoms with Crippen molar-refractivity contribution in [3.05, 3.63) is 45.9 Å². The van der Waals surface area contributed by atoms with E-state index in [2.05, 4.69) is 36.4 Å². The van der Waals surface area contributed by atoms with Crippen molar-refractivity contribution in [2.45, 2.75) is 58.5 Å². The molecule has 0 radical (unpaired) electrons. The average Bonchev–Trinajstić information content (AvgIpc) is 3.09. The molecule has 0 spiro atoms. The summed E-state index contributed by atoms with van der Waals surface area (Å²) in [5.74, 6) is 0.465. The van der Waals surface area contributed by atoms with Gasteiger partial charge in [0.2, 0.25) is 5.91 Å². The highest BCUT2D eigenvalue weighted by Crippen LogP contribution is 2.32. The van der Waals surface area contributed by atoms with Crippen LogP contribution >= 0.6 is 11.3 Å². The molecular formula is C21H31N3O2S. The summed E-state index contributed by atoms with van der Waals surface area (Å²) < 4.78 is 0. The van der Waals surface area contributed by atoms with Crippen LogP contribution in [0.2, 0.25) is 0 Å². The highest BCUT2D eigenvalue weighted by atomic mass is 32.1. The van der Waals surface area contributed by atoms with Crippen molar-refractivity contribution in [3.63, 3.8) is 0 Å². The number of likely N-dealkylation sites (N-methyl/N-ethyl adjacent to an activating group) is 1. The number of phenolic OH excluding ortho intramolecular Hbond substituents is 1. The first-order valence-electron chi connectivity index (χ1n) is 9.33. The summed E-state index contributed by atoms with van der Waals surface area (Å²) in [6, 6.07) is 5.22. The lowest BCUT2D eigenvalue weighted by Gasteiger charge is -2.25. The lowest BCUT2D eigenvalue weighted by atomic mass is 9.85. The Hall–Kier alpha value is -1.92. The number of hydrogen-bond acceptors (Lipinski definition) is 5. The standard InChI is InChI=1S/C21H31N3O2S/c1-13(2)18(22-6)19(26)24-16(20-23-9-10-27-20)12-14-7-8-17(25)15(11-14)21(3,4)5/h7-11,13,16,18,22,25H,12H2,1-6H3,(H,24,26). The number of nitrogens with zero attached hydrogens (tertiary/aromatic N) is 1. The van der Waals surface area contributed by atoms with Gasteiger partial charge in [-0.05, 0) is 42.0 Å². The molecule has 0 aliphatic carbocycles. The van der Waals surface area contributed by atoms with Crippen molar-refractivity contribution in [1.82, 2.24) is 15.6 Å². The molecule has 0 bridgehead atoms. The second-order valence-electron chi connectivity index (χ2n) is 8.25. The zero-order valence-corrected chi connectivity index (χ0v) is 17.9. The topological polar surface area (TPSA) is 74.2 Å². The quantitative estimate of drug-likeness (QED) is 0.673. The molecule has 6 heteroatoms. The molecule has 0 aliphatic heterocycles. The monoisotopic (exact) mass is 389 g/mol. The second kappa shape index (κ2) is 8.85. The Bertz CT molecular complexity index is 751. The van der Waals surface area contributed by atoms with Crippen LogP contribution in [0.1, 0.15) is 56.8 Å². The number of aromatic hydroxyl groups is 1.